The van der Waals surface area contributed by atoms with E-state index >= 15 is 0 Å². The third-order valence-corrected chi connectivity index (χ3v) is 26.0. The second-order valence-electron chi connectivity index (χ2n) is 41.2. The Balaban J connectivity index is 0.000000181. The molecule has 4 saturated carbocycles. The molecule has 17 N–H and O–H groups in total. The first-order chi connectivity index (χ1) is 67.9. The number of hydrogen-bond donors (Lipinski definition) is 11. The minimum atomic E-state index is -4.77. The van der Waals surface area contributed by atoms with Crippen LogP contribution in [0.2, 0.25) is 0 Å². The number of aryl methyl sites for hydroxylation is 1. The van der Waals surface area contributed by atoms with Crippen molar-refractivity contribution in [2.24, 2.45) is 44.8 Å². The van der Waals surface area contributed by atoms with E-state index in [1.54, 1.807) is 72.3 Å². The van der Waals surface area contributed by atoms with Crippen molar-refractivity contribution in [3.8, 4) is 0 Å². The highest BCUT2D eigenvalue weighted by molar-refractivity contribution is 7.80. The second kappa shape index (κ2) is 48.7. The molecule has 13 fully saturated rings. The van der Waals surface area contributed by atoms with Crippen molar-refractivity contribution in [3.05, 3.63) is 131 Å². The van der Waals surface area contributed by atoms with Gasteiger partial charge in [-0.1, -0.05) is 91.0 Å². The lowest BCUT2D eigenvalue weighted by molar-refractivity contribution is -0.155. The number of urea groups is 4. The number of nitrogens with one attached hydrogen (secondary N) is 4. The Hall–Kier alpha value is -12.4. The Morgan fingerprint density at radius 3 is 1.14 bits per heavy atom. The van der Waals surface area contributed by atoms with Crippen LogP contribution in [0.3, 0.4) is 0 Å². The Bertz CT molecular complexity index is 5400. The van der Waals surface area contributed by atoms with Crippen molar-refractivity contribution in [2.75, 3.05) is 72.1 Å². The molecule has 8 bridgehead atoms. The Morgan fingerprint density at radius 1 is 0.448 bits per heavy atom. The first-order valence-electron chi connectivity index (χ1n) is 47.8. The van der Waals surface area contributed by atoms with Crippen molar-refractivity contribution in [1.29, 1.82) is 0 Å². The monoisotopic (exact) mass is 2060 g/mol. The molecular weight excluding hydrogens is 1920 g/mol. The van der Waals surface area contributed by atoms with Crippen molar-refractivity contribution in [3.63, 3.8) is 0 Å². The van der Waals surface area contributed by atoms with Crippen molar-refractivity contribution >= 4 is 88.2 Å². The van der Waals surface area contributed by atoms with Gasteiger partial charge in [0.25, 0.3) is 0 Å². The molecule has 800 valence electrons. The smallest absolute Gasteiger partial charge is 0.418 e. The molecule has 9 aliphatic heterocycles. The number of ether oxygens (including phenoxy) is 5. The summed E-state index contributed by atoms with van der Waals surface area (Å²) in [6.07, 6.45) is 11.1. The number of aromatic nitrogens is 4. The van der Waals surface area contributed by atoms with E-state index in [9.17, 15) is 75.9 Å². The summed E-state index contributed by atoms with van der Waals surface area (Å²) in [5.41, 5.74) is 10.7. The molecule has 11 heterocycles. The van der Waals surface area contributed by atoms with Gasteiger partial charge in [-0.15, -0.1) is 24.7 Å². The quantitative estimate of drug-likeness (QED) is 0.00818. The predicted molar refractivity (Wildman–Crippen MR) is 508 cm³/mol. The molecule has 50 nitrogen and oxygen atoms in total. The normalized spacial score (nSPS) is 22.1. The number of nitrogens with zero attached hydrogens (tertiary/aromatic N) is 12. The van der Waals surface area contributed by atoms with E-state index in [2.05, 4.69) is 57.6 Å². The average molecular weight is 2060 g/mol. The number of carboxylic acids is 2. The van der Waals surface area contributed by atoms with Gasteiger partial charge in [-0.25, -0.2) is 38.4 Å². The number of alkyl carbamates (subject to hydrolysis) is 3. The Labute approximate surface area is 839 Å². The fourth-order valence-electron chi connectivity index (χ4n) is 18.2. The number of amides is 12. The van der Waals surface area contributed by atoms with E-state index in [4.69, 9.17) is 68.2 Å². The number of esters is 1. The van der Waals surface area contributed by atoms with E-state index in [1.165, 1.54) is 37.7 Å². The lowest BCUT2D eigenvalue weighted by atomic mass is 9.85. The number of aliphatic carboxylic acids is 2. The highest BCUT2D eigenvalue weighted by Gasteiger charge is 2.69. The van der Waals surface area contributed by atoms with Crippen LogP contribution >= 0.6 is 0 Å². The standard InChI is InChI=1S/C24H32N4O6.C24H30N4O5.C16H18N2O4.C11H15N5O6S.C8H16N2O3.C7H13NO4.C4H8O.H4N2.H2O/c1-23(2,3)34-21(31)26-13-17(29)12-25-20(30)18-11-24(9-10-24)19-14-27(18)22(32)28(19)33-15-16-7-5-4-6-8-16;1-23(2,3)33-20(29)10-9-19-25-26-21(32-19)17-13-24(11-12-24)18-14-27(17)22(30)28(18)31-15-16-7-5-4-6-8-16;19-14(20)12-8-16(6-7-16)13-9-17(12)15(21)18(13)22-10-11-4-2-1-3-5-11;12-4-8-13-14-9(21-8)6-3-11(1-2-11)7-5-15(6)10(17)16(7)22-23(18,19)20;1-8(2,3)13-7(12)10-5-6(11)4-9;1-7(2,3)12-6(11)8-4-5(9)10;1-2-4-5-3-1;1-2;/h4-8,18-19H,9-15H2,1-3H3,(H,25,30)(H,26,31);4-8,17-18H,9-15H2,1-3H3;1-5,12-13H,6-10H2,(H,19,20);6-7H,1-5,12H2,(H,18,19,20);4-5,9H2,1-3H3,(H,10,12);4H2,1-3H3,(H,8,11)(H,9,10);1-4H2;1-2H2;1H2/t18-,19-;17-,18-;12-,13-;6-,7-;;;;;/m0000...../s1. The largest absolute Gasteiger partial charge is 0.480 e. The first-order valence-corrected chi connectivity index (χ1v) is 49.2. The number of fused-ring (bicyclic) bond motifs is 12. The molecular formula is C94H138N20O30S. The molecule has 0 unspecified atom stereocenters. The van der Waals surface area contributed by atoms with E-state index in [0.29, 0.717) is 70.3 Å². The topological polar surface area (TPSA) is 687 Å². The minimum absolute atomic E-state index is 0. The number of rotatable bonds is 28. The summed E-state index contributed by atoms with van der Waals surface area (Å²) in [5, 5.41) is 48.3. The summed E-state index contributed by atoms with van der Waals surface area (Å²) >= 11 is 0. The van der Waals surface area contributed by atoms with Crippen molar-refractivity contribution in [2.45, 2.75) is 283 Å². The molecule has 8 atom stereocenters. The van der Waals surface area contributed by atoms with Gasteiger partial charge in [-0.3, -0.25) is 54.7 Å². The number of Topliss-reactive ketones (excluding diaryl/α,β-unsaturated/α-hetero) is 2. The minimum Gasteiger partial charge on any atom is -0.480 e. The van der Waals surface area contributed by atoms with E-state index in [1.807, 2.05) is 112 Å². The van der Waals surface area contributed by atoms with Crippen LogP contribution in [0, 0.1) is 21.7 Å². The fraction of sp³-hybridized carbons (Fsp3) is 0.628. The third-order valence-electron chi connectivity index (χ3n) is 25.7. The van der Waals surface area contributed by atoms with Crippen LogP contribution < -0.4 is 44.4 Å². The highest BCUT2D eigenvalue weighted by atomic mass is 32.3. The summed E-state index contributed by atoms with van der Waals surface area (Å²) in [6.45, 7) is 24.8. The first kappa shape index (κ1) is 114. The molecule has 4 aliphatic carbocycles. The number of carbonyl (C=O) groups excluding carboxylic acids is 11. The van der Waals surface area contributed by atoms with Crippen molar-refractivity contribution in [1.82, 2.24) is 81.5 Å². The molecule has 12 amide bonds. The second-order valence-corrected chi connectivity index (χ2v) is 42.2. The number of hydrazine groups is 1. The van der Waals surface area contributed by atoms with Gasteiger partial charge in [0.15, 0.2) is 11.6 Å². The van der Waals surface area contributed by atoms with Gasteiger partial charge in [0.2, 0.25) is 29.5 Å². The van der Waals surface area contributed by atoms with Crippen LogP contribution in [0.25, 0.3) is 0 Å². The van der Waals surface area contributed by atoms with E-state index < -0.39 is 99.8 Å². The summed E-state index contributed by atoms with van der Waals surface area (Å²) in [6, 6.07) is 25.2. The number of carboxylic acid groups (broad SMARTS) is 2. The molecule has 3 aromatic carbocycles. The molecule has 145 heavy (non-hydrogen) atoms. The number of piperidine rings is 4. The van der Waals surface area contributed by atoms with Gasteiger partial charge in [-0.05, 0) is 211 Å². The molecule has 18 rings (SSSR count). The zero-order valence-electron chi connectivity index (χ0n) is 83.7. The number of ketones is 2. The van der Waals surface area contributed by atoms with Crippen LogP contribution in [-0.2, 0) is 114 Å². The zero-order valence-corrected chi connectivity index (χ0v) is 84.6. The van der Waals surface area contributed by atoms with Crippen molar-refractivity contribution < 1.29 is 142 Å². The number of carbonyl (C=O) groups is 13. The summed E-state index contributed by atoms with van der Waals surface area (Å²) in [5.74, 6) is 6.07. The van der Waals surface area contributed by atoms with Gasteiger partial charge in [0, 0.05) is 45.8 Å². The number of hydroxylamine groups is 8. The van der Waals surface area contributed by atoms with Crippen LogP contribution in [0.4, 0.5) is 33.6 Å². The SMILES string of the molecule is C1CCOC1.CC(C)(C)OC(=O)CCc1nnc([C@@H]2CC3(CC3)[C@@H]3CN2C(=O)N3OCc2ccccc2)o1.CC(C)(C)OC(=O)NCC(=O)CN.CC(C)(C)OC(=O)NCC(=O)CNC(=O)[C@@H]1CC2(CC2)[C@@H]2CN1C(=O)N2OCc1ccccc1.CC(C)(C)OC(=O)NCC(=O)O.NCc1nnc([C@@H]2CC3(CC3)[C@@H]3CN2C(=O)N3OS(=O)(=O)O)o1.NN.O.O=C(O)[C@@H]1CC2(CC2)[C@@H]2CN1C(=O)N2OCc1ccccc1. The third kappa shape index (κ3) is 31.8. The molecule has 13 aliphatic rings. The maximum Gasteiger partial charge on any atom is 0.418 e. The van der Waals surface area contributed by atoms with Crippen LogP contribution in [-0.4, -0.2) is 297 Å². The van der Waals surface area contributed by atoms with Gasteiger partial charge < -0.3 is 101 Å². The number of nitrogens with two attached hydrogens (primary N) is 4. The molecule has 5 aromatic rings. The lowest BCUT2D eigenvalue weighted by Gasteiger charge is -2.35. The molecule has 2 aromatic heterocycles. The lowest BCUT2D eigenvalue weighted by Crippen LogP contribution is -2.53. The molecule has 9 saturated heterocycles. The maximum absolute atomic E-state index is 13.2. The average Bonchev–Trinajstić information content (AvgIpc) is 1.69. The van der Waals surface area contributed by atoms with Gasteiger partial charge >= 0.3 is 70.7 Å². The van der Waals surface area contributed by atoms with Gasteiger partial charge in [0.1, 0.15) is 72.9 Å². The summed E-state index contributed by atoms with van der Waals surface area (Å²) < 4.78 is 71.8. The van der Waals surface area contributed by atoms with Gasteiger partial charge in [0.05, 0.1) is 63.3 Å². The summed E-state index contributed by atoms with van der Waals surface area (Å²) in [4.78, 5) is 178. The fourth-order valence-corrected chi connectivity index (χ4v) is 18.5. The Morgan fingerprint density at radius 2 is 0.786 bits per heavy atom. The number of hydrogen-bond acceptors (Lipinski definition) is 34. The molecule has 4 spiro atoms. The van der Waals surface area contributed by atoms with Crippen LogP contribution in [0.15, 0.2) is 99.8 Å². The van der Waals surface area contributed by atoms with E-state index in [-0.39, 0.29) is 157 Å². The maximum atomic E-state index is 13.2. The number of benzene rings is 3. The molecule has 0 radical (unpaired) electrons. The van der Waals surface area contributed by atoms with E-state index in [0.717, 1.165) is 92.8 Å². The van der Waals surface area contributed by atoms with Crippen LogP contribution in [0.1, 0.15) is 232 Å². The Kier molecular flexibility index (Phi) is 38.5. The predicted octanol–water partition coefficient (Wildman–Crippen LogP) is 6.67. The van der Waals surface area contributed by atoms with Gasteiger partial charge in [-0.2, -0.15) is 28.7 Å². The highest BCUT2D eigenvalue weighted by Crippen LogP contribution is 2.64. The summed E-state index contributed by atoms with van der Waals surface area (Å²) in [7, 11) is -4.77. The molecule has 51 heteroatoms. The van der Waals surface area contributed by atoms with Crippen LogP contribution in [0.5, 0.6) is 0 Å². The zero-order chi connectivity index (χ0) is 105.